The number of hydrogen-bond acceptors (Lipinski definition) is 4. The van der Waals surface area contributed by atoms with Crippen LogP contribution in [0.1, 0.15) is 37.4 Å². The van der Waals surface area contributed by atoms with E-state index in [1.165, 1.54) is 24.8 Å². The summed E-state index contributed by atoms with van der Waals surface area (Å²) in [6.45, 7) is 7.92. The molecule has 1 fully saturated rings. The van der Waals surface area contributed by atoms with Gasteiger partial charge in [-0.2, -0.15) is 0 Å². The Balaban J connectivity index is 1.95. The topological polar surface area (TPSA) is 37.4 Å². The van der Waals surface area contributed by atoms with Crippen LogP contribution in [0.25, 0.3) is 0 Å². The van der Waals surface area contributed by atoms with E-state index in [0.29, 0.717) is 6.10 Å². The first-order chi connectivity index (χ1) is 9.70. The highest BCUT2D eigenvalue weighted by atomic mass is 16.5. The molecular formula is C16H27N3O. The molecule has 1 unspecified atom stereocenters. The molecule has 112 valence electrons. The van der Waals surface area contributed by atoms with Gasteiger partial charge in [-0.3, -0.25) is 0 Å². The molecule has 1 aliphatic heterocycles. The van der Waals surface area contributed by atoms with Crippen molar-refractivity contribution in [2.75, 3.05) is 31.6 Å². The van der Waals surface area contributed by atoms with Gasteiger partial charge in [0.1, 0.15) is 5.82 Å². The number of aryl methyl sites for hydroxylation is 1. The van der Waals surface area contributed by atoms with E-state index in [0.717, 1.165) is 37.8 Å². The average molecular weight is 277 g/mol. The summed E-state index contributed by atoms with van der Waals surface area (Å²) in [7, 11) is 2.10. The summed E-state index contributed by atoms with van der Waals surface area (Å²) in [6.07, 6.45) is 4.02. The van der Waals surface area contributed by atoms with E-state index in [2.05, 4.69) is 43.2 Å². The first-order valence-corrected chi connectivity index (χ1v) is 7.70. The number of aromatic nitrogens is 1. The minimum absolute atomic E-state index is 0.359. The smallest absolute Gasteiger partial charge is 0.128 e. The number of nitrogens with zero attached hydrogens (tertiary/aromatic N) is 2. The predicted molar refractivity (Wildman–Crippen MR) is 83.2 cm³/mol. The van der Waals surface area contributed by atoms with Crippen LogP contribution in [-0.2, 0) is 11.3 Å². The number of nitrogens with one attached hydrogen (secondary N) is 1. The summed E-state index contributed by atoms with van der Waals surface area (Å²) < 4.78 is 5.80. The van der Waals surface area contributed by atoms with Crippen molar-refractivity contribution in [3.63, 3.8) is 0 Å². The van der Waals surface area contributed by atoms with Crippen molar-refractivity contribution in [2.45, 2.75) is 45.8 Å². The minimum Gasteiger partial charge on any atom is -0.376 e. The molecule has 0 aromatic carbocycles. The van der Waals surface area contributed by atoms with Crippen molar-refractivity contribution >= 4 is 5.82 Å². The molecule has 1 saturated heterocycles. The monoisotopic (exact) mass is 277 g/mol. The molecule has 4 nitrogen and oxygen atoms in total. The molecule has 0 radical (unpaired) electrons. The zero-order valence-corrected chi connectivity index (χ0v) is 13.0. The maximum Gasteiger partial charge on any atom is 0.128 e. The molecular weight excluding hydrogens is 250 g/mol. The quantitative estimate of drug-likeness (QED) is 0.867. The summed E-state index contributed by atoms with van der Waals surface area (Å²) in [5.74, 6) is 1.04. The van der Waals surface area contributed by atoms with Crippen LogP contribution in [0.15, 0.2) is 12.1 Å². The molecule has 0 saturated carbocycles. The molecule has 2 rings (SSSR count). The van der Waals surface area contributed by atoms with Crippen molar-refractivity contribution in [1.82, 2.24) is 10.3 Å². The Labute approximate surface area is 122 Å². The van der Waals surface area contributed by atoms with E-state index in [4.69, 9.17) is 9.72 Å². The van der Waals surface area contributed by atoms with Gasteiger partial charge in [-0.25, -0.2) is 4.98 Å². The van der Waals surface area contributed by atoms with Gasteiger partial charge in [0.05, 0.1) is 6.10 Å². The Hall–Kier alpha value is -1.13. The lowest BCUT2D eigenvalue weighted by atomic mass is 10.1. The number of rotatable bonds is 6. The molecule has 0 bridgehead atoms. The first-order valence-electron chi connectivity index (χ1n) is 7.70. The van der Waals surface area contributed by atoms with Crippen molar-refractivity contribution < 1.29 is 4.74 Å². The van der Waals surface area contributed by atoms with Gasteiger partial charge < -0.3 is 15.0 Å². The summed E-state index contributed by atoms with van der Waals surface area (Å²) in [6, 6.07) is 4.29. The summed E-state index contributed by atoms with van der Waals surface area (Å²) in [5.41, 5.74) is 2.39. The number of anilines is 1. The van der Waals surface area contributed by atoms with E-state index in [1.807, 2.05) is 0 Å². The second kappa shape index (κ2) is 7.60. The van der Waals surface area contributed by atoms with Gasteiger partial charge in [-0.15, -0.1) is 0 Å². The Bertz CT molecular complexity index is 416. The summed E-state index contributed by atoms with van der Waals surface area (Å²) in [5, 5.41) is 3.35. The van der Waals surface area contributed by atoms with Gasteiger partial charge in [0.15, 0.2) is 0 Å². The molecule has 0 amide bonds. The van der Waals surface area contributed by atoms with Crippen LogP contribution in [0, 0.1) is 6.92 Å². The Morgan fingerprint density at radius 3 is 2.90 bits per heavy atom. The molecule has 0 aliphatic carbocycles. The van der Waals surface area contributed by atoms with Crippen molar-refractivity contribution in [3.8, 4) is 0 Å². The fourth-order valence-corrected chi connectivity index (χ4v) is 2.59. The molecule has 20 heavy (non-hydrogen) atoms. The van der Waals surface area contributed by atoms with Crippen LogP contribution in [0.2, 0.25) is 0 Å². The van der Waals surface area contributed by atoms with Gasteiger partial charge in [0.25, 0.3) is 0 Å². The number of likely N-dealkylation sites (N-methyl/N-ethyl adjacent to an activating group) is 1. The minimum atomic E-state index is 0.359. The molecule has 1 aromatic heterocycles. The Kier molecular flexibility index (Phi) is 5.80. The standard InChI is InChI=1S/C16H27N3O/c1-4-17-11-14-8-9-16(18-13(14)2)19(3)12-15-7-5-6-10-20-15/h8-9,15,17H,4-7,10-12H2,1-3H3. The summed E-state index contributed by atoms with van der Waals surface area (Å²) >= 11 is 0. The largest absolute Gasteiger partial charge is 0.376 e. The average Bonchev–Trinajstić information content (AvgIpc) is 2.47. The van der Waals surface area contributed by atoms with E-state index in [9.17, 15) is 0 Å². The lowest BCUT2D eigenvalue weighted by Gasteiger charge is -2.28. The number of hydrogen-bond donors (Lipinski definition) is 1. The summed E-state index contributed by atoms with van der Waals surface area (Å²) in [4.78, 5) is 6.93. The molecule has 1 aromatic rings. The highest BCUT2D eigenvalue weighted by Crippen LogP contribution is 2.18. The van der Waals surface area contributed by atoms with Gasteiger partial charge in [-0.05, 0) is 44.4 Å². The fourth-order valence-electron chi connectivity index (χ4n) is 2.59. The second-order valence-electron chi connectivity index (χ2n) is 5.56. The van der Waals surface area contributed by atoms with E-state index in [1.54, 1.807) is 0 Å². The predicted octanol–water partition coefficient (Wildman–Crippen LogP) is 2.50. The third-order valence-corrected chi connectivity index (χ3v) is 3.89. The van der Waals surface area contributed by atoms with E-state index in [-0.39, 0.29) is 0 Å². The Morgan fingerprint density at radius 2 is 2.25 bits per heavy atom. The van der Waals surface area contributed by atoms with E-state index >= 15 is 0 Å². The van der Waals surface area contributed by atoms with Crippen LogP contribution in [-0.4, -0.2) is 37.8 Å². The van der Waals surface area contributed by atoms with Gasteiger partial charge >= 0.3 is 0 Å². The van der Waals surface area contributed by atoms with Crippen LogP contribution in [0.3, 0.4) is 0 Å². The Morgan fingerprint density at radius 1 is 1.40 bits per heavy atom. The van der Waals surface area contributed by atoms with E-state index < -0.39 is 0 Å². The maximum atomic E-state index is 5.80. The fraction of sp³-hybridized carbons (Fsp3) is 0.688. The van der Waals surface area contributed by atoms with Crippen LogP contribution in [0.4, 0.5) is 5.82 Å². The highest BCUT2D eigenvalue weighted by Gasteiger charge is 2.16. The van der Waals surface area contributed by atoms with Crippen LogP contribution < -0.4 is 10.2 Å². The molecule has 1 aliphatic rings. The highest BCUT2D eigenvalue weighted by molar-refractivity contribution is 5.41. The van der Waals surface area contributed by atoms with Gasteiger partial charge in [0.2, 0.25) is 0 Å². The normalized spacial score (nSPS) is 19.1. The number of pyridine rings is 1. The zero-order chi connectivity index (χ0) is 14.4. The third kappa shape index (κ3) is 4.18. The number of ether oxygens (including phenoxy) is 1. The van der Waals surface area contributed by atoms with Gasteiger partial charge in [0, 0.05) is 32.4 Å². The van der Waals surface area contributed by atoms with Crippen molar-refractivity contribution in [2.24, 2.45) is 0 Å². The van der Waals surface area contributed by atoms with Crippen molar-refractivity contribution in [1.29, 1.82) is 0 Å². The molecule has 4 heteroatoms. The van der Waals surface area contributed by atoms with Crippen molar-refractivity contribution in [3.05, 3.63) is 23.4 Å². The van der Waals surface area contributed by atoms with Gasteiger partial charge in [-0.1, -0.05) is 13.0 Å². The lowest BCUT2D eigenvalue weighted by Crippen LogP contribution is -2.33. The van der Waals surface area contributed by atoms with Crippen LogP contribution >= 0.6 is 0 Å². The first kappa shape index (κ1) is 15.3. The molecule has 1 N–H and O–H groups in total. The third-order valence-electron chi connectivity index (χ3n) is 3.89. The molecule has 0 spiro atoms. The second-order valence-corrected chi connectivity index (χ2v) is 5.56. The zero-order valence-electron chi connectivity index (χ0n) is 13.0. The van der Waals surface area contributed by atoms with Crippen LogP contribution in [0.5, 0.6) is 0 Å². The SMILES string of the molecule is CCNCc1ccc(N(C)CC2CCCCO2)nc1C. The molecule has 1 atom stereocenters. The maximum absolute atomic E-state index is 5.80. The lowest BCUT2D eigenvalue weighted by molar-refractivity contribution is 0.0215. The molecule has 2 heterocycles.